The highest BCUT2D eigenvalue weighted by Crippen LogP contribution is 2.56. The fraction of sp³-hybridized carbons (Fsp3) is 0.0536. The van der Waals surface area contributed by atoms with Crippen molar-refractivity contribution in [1.82, 2.24) is 0 Å². The average molecular weight is 1480 g/mol. The molecule has 0 bridgehead atoms. The van der Waals surface area contributed by atoms with Crippen LogP contribution in [0.25, 0.3) is 228 Å². The quantitative estimate of drug-likeness (QED) is 0.155. The van der Waals surface area contributed by atoms with Gasteiger partial charge in [0.1, 0.15) is 22.3 Å². The first-order chi connectivity index (χ1) is 56.5. The third kappa shape index (κ3) is 9.81. The zero-order valence-corrected chi connectivity index (χ0v) is 64.7. The first-order valence-corrected chi connectivity index (χ1v) is 40.9. The summed E-state index contributed by atoms with van der Waals surface area (Å²) in [5, 5.41) is 24.9. The van der Waals surface area contributed by atoms with Crippen LogP contribution in [0.3, 0.4) is 0 Å². The minimum absolute atomic E-state index is 0.0597. The molecule has 2 nitrogen and oxygen atoms in total. The second kappa shape index (κ2) is 24.8. The molecule has 0 radical (unpaired) electrons. The fourth-order valence-corrected chi connectivity index (χ4v) is 21.5. The van der Waals surface area contributed by atoms with Crippen LogP contribution in [0.4, 0.5) is 0 Å². The maximum Gasteiger partial charge on any atom is 0.135 e. The molecule has 2 aliphatic rings. The Morgan fingerprint density at radius 1 is 0.183 bits per heavy atom. The first-order valence-electron chi connectivity index (χ1n) is 40.1. The van der Waals surface area contributed by atoms with Gasteiger partial charge in [0.2, 0.25) is 0 Å². The van der Waals surface area contributed by atoms with Crippen LogP contribution < -0.4 is 0 Å². The molecule has 3 heterocycles. The molecule has 0 aliphatic heterocycles. The Hall–Kier alpha value is -14.0. The first kappa shape index (κ1) is 65.7. The van der Waals surface area contributed by atoms with Gasteiger partial charge in [0.05, 0.1) is 0 Å². The van der Waals surface area contributed by atoms with E-state index >= 15 is 0 Å². The molecule has 0 N–H and O–H groups in total. The maximum absolute atomic E-state index is 6.54. The Kier molecular flexibility index (Phi) is 14.2. The van der Waals surface area contributed by atoms with Crippen LogP contribution in [-0.2, 0) is 10.8 Å². The monoisotopic (exact) mass is 1480 g/mol. The predicted molar refractivity (Wildman–Crippen MR) is 491 cm³/mol. The molecule has 0 saturated heterocycles. The van der Waals surface area contributed by atoms with E-state index < -0.39 is 0 Å². The normalized spacial score (nSPS) is 13.4. The van der Waals surface area contributed by atoms with Crippen molar-refractivity contribution in [1.29, 1.82) is 0 Å². The smallest absolute Gasteiger partial charge is 0.135 e. The van der Waals surface area contributed by atoms with Gasteiger partial charge in [0.15, 0.2) is 0 Å². The van der Waals surface area contributed by atoms with E-state index in [1.807, 2.05) is 11.3 Å². The topological polar surface area (TPSA) is 26.3 Å². The van der Waals surface area contributed by atoms with Crippen molar-refractivity contribution in [2.45, 2.75) is 38.5 Å². The lowest BCUT2D eigenvalue weighted by Gasteiger charge is -2.21. The van der Waals surface area contributed by atoms with Crippen molar-refractivity contribution < 1.29 is 8.83 Å². The van der Waals surface area contributed by atoms with Crippen molar-refractivity contribution in [3.8, 4) is 89.0 Å². The molecule has 2 aliphatic carbocycles. The largest absolute Gasteiger partial charge is 0.456 e. The summed E-state index contributed by atoms with van der Waals surface area (Å²) in [5.74, 6) is 0. The minimum atomic E-state index is -0.0621. The van der Waals surface area contributed by atoms with E-state index in [0.717, 1.165) is 43.9 Å². The molecule has 0 saturated carbocycles. The second-order valence-electron chi connectivity index (χ2n) is 32.8. The Morgan fingerprint density at radius 2 is 0.478 bits per heavy atom. The van der Waals surface area contributed by atoms with Crippen molar-refractivity contribution in [2.75, 3.05) is 0 Å². The summed E-state index contributed by atoms with van der Waals surface area (Å²) in [6.45, 7) is 9.44. The highest BCUT2D eigenvalue weighted by molar-refractivity contribution is 7.25. The summed E-state index contributed by atoms with van der Waals surface area (Å²) in [7, 11) is 0. The van der Waals surface area contributed by atoms with Gasteiger partial charge in [-0.1, -0.05) is 313 Å². The fourth-order valence-electron chi connectivity index (χ4n) is 20.4. The van der Waals surface area contributed by atoms with Gasteiger partial charge in [-0.05, 0) is 266 Å². The average Bonchev–Trinajstić information content (AvgIpc) is 1.63. The lowest BCUT2D eigenvalue weighted by Crippen LogP contribution is -2.14. The van der Waals surface area contributed by atoms with E-state index in [9.17, 15) is 0 Å². The minimum Gasteiger partial charge on any atom is -0.456 e. The summed E-state index contributed by atoms with van der Waals surface area (Å²) in [6.07, 6.45) is 0. The van der Waals surface area contributed by atoms with Gasteiger partial charge in [-0.2, -0.15) is 0 Å². The third-order valence-electron chi connectivity index (χ3n) is 25.9. The van der Waals surface area contributed by atoms with Gasteiger partial charge in [-0.15, -0.1) is 11.3 Å². The summed E-state index contributed by atoms with van der Waals surface area (Å²) >= 11 is 1.87. The molecule has 538 valence electrons. The van der Waals surface area contributed by atoms with Gasteiger partial charge in [-0.3, -0.25) is 0 Å². The van der Waals surface area contributed by atoms with Gasteiger partial charge in [0.25, 0.3) is 0 Å². The van der Waals surface area contributed by atoms with Crippen molar-refractivity contribution in [3.05, 3.63) is 386 Å². The Labute approximate surface area is 668 Å². The molecular weight excluding hydrogens is 1410 g/mol. The van der Waals surface area contributed by atoms with Crippen molar-refractivity contribution >= 4 is 151 Å². The molecule has 23 aromatic rings. The van der Waals surface area contributed by atoms with Crippen LogP contribution in [-0.4, -0.2) is 0 Å². The lowest BCUT2D eigenvalue weighted by molar-refractivity contribution is 0.661. The molecule has 0 fully saturated rings. The van der Waals surface area contributed by atoms with Crippen LogP contribution in [0.15, 0.2) is 373 Å². The number of hydrogen-bond donors (Lipinski definition) is 0. The zero-order valence-electron chi connectivity index (χ0n) is 63.9. The van der Waals surface area contributed by atoms with E-state index in [2.05, 4.69) is 392 Å². The van der Waals surface area contributed by atoms with Gasteiger partial charge < -0.3 is 8.83 Å². The van der Waals surface area contributed by atoms with Crippen LogP contribution >= 0.6 is 11.3 Å². The number of rotatable bonds is 6. The molecular formula is C112H72O2S. The SMILES string of the molecule is CC1(C)c2ccc(-c3ccc4oc5ccc(-c6c7ccccc7c(-c7ccc8sc9ccccc9c8c7)c7ccccc67)cc5c4c3)cc2-c2c1ccc1ccccc21.CC1(C)c2ccc(-c3ccc4oc5ccc(-c6c7ccccc7c(-c7cccc8ccccc78)c7ccccc67)cc5c4c3)cc2-c2c1ccc1ccccc21. The number of thiophene rings is 1. The molecule has 20 aromatic carbocycles. The van der Waals surface area contributed by atoms with E-state index in [1.54, 1.807) is 0 Å². The molecule has 0 atom stereocenters. The molecule has 0 spiro atoms. The summed E-state index contributed by atoms with van der Waals surface area (Å²) in [5.41, 5.74) is 29.2. The van der Waals surface area contributed by atoms with E-state index in [0.29, 0.717) is 0 Å². The third-order valence-corrected chi connectivity index (χ3v) is 27.1. The molecule has 25 rings (SSSR count). The van der Waals surface area contributed by atoms with Gasteiger partial charge in [-0.25, -0.2) is 0 Å². The van der Waals surface area contributed by atoms with E-state index in [1.165, 1.54) is 207 Å². The Morgan fingerprint density at radius 3 is 0.913 bits per heavy atom. The summed E-state index contributed by atoms with van der Waals surface area (Å²) in [4.78, 5) is 0. The predicted octanol–water partition coefficient (Wildman–Crippen LogP) is 32.2. The molecule has 3 heteroatoms. The molecule has 0 amide bonds. The lowest BCUT2D eigenvalue weighted by atomic mass is 9.82. The van der Waals surface area contributed by atoms with Gasteiger partial charge in [0, 0.05) is 52.5 Å². The summed E-state index contributed by atoms with van der Waals surface area (Å²) < 4.78 is 15.7. The number of hydrogen-bond acceptors (Lipinski definition) is 3. The van der Waals surface area contributed by atoms with E-state index in [4.69, 9.17) is 8.83 Å². The highest BCUT2D eigenvalue weighted by atomic mass is 32.1. The van der Waals surface area contributed by atoms with Crippen molar-refractivity contribution in [3.63, 3.8) is 0 Å². The number of fused-ring (bicyclic) bond motifs is 24. The highest BCUT2D eigenvalue weighted by Gasteiger charge is 2.38. The molecule has 0 unspecified atom stereocenters. The Balaban J connectivity index is 0.000000133. The second-order valence-corrected chi connectivity index (χ2v) is 33.8. The molecule has 115 heavy (non-hydrogen) atoms. The number of furan rings is 2. The zero-order chi connectivity index (χ0) is 76.1. The van der Waals surface area contributed by atoms with Crippen LogP contribution in [0.5, 0.6) is 0 Å². The summed E-state index contributed by atoms with van der Waals surface area (Å²) in [6, 6.07) is 135. The maximum atomic E-state index is 6.54. The van der Waals surface area contributed by atoms with E-state index in [-0.39, 0.29) is 10.8 Å². The van der Waals surface area contributed by atoms with Crippen molar-refractivity contribution in [2.24, 2.45) is 0 Å². The van der Waals surface area contributed by atoms with Crippen LogP contribution in [0, 0.1) is 0 Å². The number of benzene rings is 20. The standard InChI is InChI=1S/C57H36OS.C55H36O/c1-57(2)48-24-20-34(30-47(48)56-38-12-4-3-11-33(38)19-25-49(56)57)35-21-26-50-44(29-35)45-31-36(22-27-51(45)58-50)54-40-14-5-7-16-42(40)55(43-17-8-6-15-41(43)54)37-23-28-53-46(32-37)39-13-9-10-18-52(39)59-53;1-55(2)48-26-23-35(31-47(48)54-39-16-6-4-13-34(39)22-27-49(54)55)36-24-28-50-45(30-36)46-32-37(25-29-51(46)56-50)52-41-17-7-9-19-43(41)53(44-20-10-8-18-42(44)52)40-21-11-14-33-12-3-5-15-38(33)40/h3-32H,1-2H3;3-32H,1-2H3. The van der Waals surface area contributed by atoms with Crippen LogP contribution in [0.2, 0.25) is 0 Å². The molecule has 3 aromatic heterocycles. The van der Waals surface area contributed by atoms with Gasteiger partial charge >= 0.3 is 0 Å². The van der Waals surface area contributed by atoms with Crippen LogP contribution in [0.1, 0.15) is 49.9 Å². The Bertz CT molecular complexity index is 8050.